The van der Waals surface area contributed by atoms with Gasteiger partial charge in [0.25, 0.3) is 0 Å². The first-order valence-electron chi connectivity index (χ1n) is 9.34. The van der Waals surface area contributed by atoms with Crippen LogP contribution in [0.15, 0.2) is 23.1 Å². The molecule has 2 heterocycles. The summed E-state index contributed by atoms with van der Waals surface area (Å²) in [5, 5.41) is 3.03. The first-order chi connectivity index (χ1) is 13.0. The van der Waals surface area contributed by atoms with Gasteiger partial charge in [0.05, 0.1) is 4.90 Å². The molecule has 9 heteroatoms. The van der Waals surface area contributed by atoms with Crippen LogP contribution in [0.5, 0.6) is 11.5 Å². The van der Waals surface area contributed by atoms with E-state index in [-0.39, 0.29) is 10.8 Å². The van der Waals surface area contributed by atoms with Gasteiger partial charge in [-0.05, 0) is 38.6 Å². The van der Waals surface area contributed by atoms with Crippen molar-refractivity contribution in [3.05, 3.63) is 18.2 Å². The summed E-state index contributed by atoms with van der Waals surface area (Å²) < 4.78 is 38.5. The third-order valence-corrected chi connectivity index (χ3v) is 6.67. The predicted octanol–water partition coefficient (Wildman–Crippen LogP) is 0.680. The number of carbonyl (C=O) groups is 1. The molecule has 1 aromatic carbocycles. The van der Waals surface area contributed by atoms with Crippen LogP contribution >= 0.6 is 0 Å². The van der Waals surface area contributed by atoms with E-state index in [1.54, 1.807) is 17.0 Å². The lowest BCUT2D eigenvalue weighted by atomic mass is 10.2. The summed E-state index contributed by atoms with van der Waals surface area (Å²) in [7, 11) is -1.78. The Morgan fingerprint density at radius 3 is 2.67 bits per heavy atom. The molecule has 3 rings (SSSR count). The number of ether oxygens (including phenoxy) is 2. The number of hydrogen-bond acceptors (Lipinski definition) is 6. The van der Waals surface area contributed by atoms with E-state index in [0.29, 0.717) is 63.7 Å². The van der Waals surface area contributed by atoms with Crippen molar-refractivity contribution < 1.29 is 22.7 Å². The van der Waals surface area contributed by atoms with E-state index in [1.165, 1.54) is 10.4 Å². The molecule has 8 nitrogen and oxygen atoms in total. The zero-order valence-corrected chi connectivity index (χ0v) is 16.5. The van der Waals surface area contributed by atoms with E-state index in [2.05, 4.69) is 5.32 Å². The van der Waals surface area contributed by atoms with Gasteiger partial charge >= 0.3 is 0 Å². The molecule has 0 aromatic heterocycles. The van der Waals surface area contributed by atoms with Crippen LogP contribution in [0.3, 0.4) is 0 Å². The van der Waals surface area contributed by atoms with Crippen molar-refractivity contribution >= 4 is 15.9 Å². The fourth-order valence-electron chi connectivity index (χ4n) is 3.29. The minimum absolute atomic E-state index is 0.0869. The number of nitrogens with zero attached hydrogens (tertiary/aromatic N) is 2. The van der Waals surface area contributed by atoms with Gasteiger partial charge < -0.3 is 19.7 Å². The van der Waals surface area contributed by atoms with Crippen LogP contribution in [0, 0.1) is 0 Å². The van der Waals surface area contributed by atoms with Gasteiger partial charge in [-0.2, -0.15) is 4.31 Å². The van der Waals surface area contributed by atoms with Gasteiger partial charge in [-0.15, -0.1) is 0 Å². The quantitative estimate of drug-likeness (QED) is 0.711. The Kier molecular flexibility index (Phi) is 6.56. The van der Waals surface area contributed by atoms with Gasteiger partial charge in [0.2, 0.25) is 15.9 Å². The summed E-state index contributed by atoms with van der Waals surface area (Å²) in [5.41, 5.74) is 0. The van der Waals surface area contributed by atoms with Crippen molar-refractivity contribution in [1.82, 2.24) is 14.5 Å². The molecule has 1 amide bonds. The summed E-state index contributed by atoms with van der Waals surface area (Å²) in [6, 6.07) is 4.71. The average Bonchev–Trinajstić information content (AvgIpc) is 2.94. The molecule has 0 aliphatic carbocycles. The molecular formula is C18H27N3O5S. The molecule has 0 saturated carbocycles. The number of rotatable bonds is 6. The monoisotopic (exact) mass is 397 g/mol. The number of nitrogens with one attached hydrogen (secondary N) is 1. The fraction of sp³-hybridized carbons (Fsp3) is 0.611. The molecule has 2 aliphatic heterocycles. The Balaban J connectivity index is 1.66. The van der Waals surface area contributed by atoms with E-state index in [1.807, 2.05) is 7.05 Å². The fourth-order valence-corrected chi connectivity index (χ4v) is 4.78. The van der Waals surface area contributed by atoms with Gasteiger partial charge in [-0.3, -0.25) is 4.79 Å². The predicted molar refractivity (Wildman–Crippen MR) is 101 cm³/mol. The van der Waals surface area contributed by atoms with Crippen LogP contribution in [0.25, 0.3) is 0 Å². The Morgan fingerprint density at radius 2 is 1.89 bits per heavy atom. The van der Waals surface area contributed by atoms with Crippen LogP contribution in [0.2, 0.25) is 0 Å². The molecule has 27 heavy (non-hydrogen) atoms. The highest BCUT2D eigenvalue weighted by molar-refractivity contribution is 7.89. The molecule has 1 N–H and O–H groups in total. The van der Waals surface area contributed by atoms with Crippen LogP contribution in [-0.4, -0.2) is 76.5 Å². The molecule has 150 valence electrons. The number of hydrogen-bond donors (Lipinski definition) is 1. The number of carbonyl (C=O) groups excluding carboxylic acids is 1. The van der Waals surface area contributed by atoms with Crippen LogP contribution in [0.4, 0.5) is 0 Å². The van der Waals surface area contributed by atoms with Gasteiger partial charge in [0.1, 0.15) is 13.2 Å². The van der Waals surface area contributed by atoms with Gasteiger partial charge in [-0.1, -0.05) is 0 Å². The normalized spacial score (nSPS) is 18.2. The number of sulfonamides is 1. The average molecular weight is 397 g/mol. The third-order valence-electron chi connectivity index (χ3n) is 4.78. The molecule has 1 saturated heterocycles. The molecule has 2 aliphatic rings. The van der Waals surface area contributed by atoms with E-state index in [9.17, 15) is 13.2 Å². The minimum atomic E-state index is -3.64. The van der Waals surface area contributed by atoms with Crippen molar-refractivity contribution in [3.63, 3.8) is 0 Å². The standard InChI is InChI=1S/C18H27N3O5S/c1-19-7-2-4-18(22)20-8-3-9-21(11-10-20)27(23,24)15-5-6-16-17(14-15)26-13-12-25-16/h5-6,14,19H,2-4,7-13H2,1H3. The zero-order chi connectivity index (χ0) is 19.3. The molecule has 0 radical (unpaired) electrons. The van der Waals surface area contributed by atoms with Crippen molar-refractivity contribution in [1.29, 1.82) is 0 Å². The number of benzene rings is 1. The van der Waals surface area contributed by atoms with Crippen LogP contribution < -0.4 is 14.8 Å². The molecular weight excluding hydrogens is 370 g/mol. The van der Waals surface area contributed by atoms with Crippen LogP contribution in [-0.2, 0) is 14.8 Å². The molecule has 0 spiro atoms. The second-order valence-corrected chi connectivity index (χ2v) is 8.59. The minimum Gasteiger partial charge on any atom is -0.486 e. The van der Waals surface area contributed by atoms with E-state index < -0.39 is 10.0 Å². The van der Waals surface area contributed by atoms with Crippen molar-refractivity contribution in [2.24, 2.45) is 0 Å². The topological polar surface area (TPSA) is 88.2 Å². The highest BCUT2D eigenvalue weighted by Gasteiger charge is 2.29. The Hall–Kier alpha value is -1.84. The first kappa shape index (κ1) is 19.9. The summed E-state index contributed by atoms with van der Waals surface area (Å²) in [6.45, 7) is 3.37. The molecule has 0 unspecified atom stereocenters. The van der Waals surface area contributed by atoms with E-state index >= 15 is 0 Å². The maximum atomic E-state index is 13.0. The maximum absolute atomic E-state index is 13.0. The highest BCUT2D eigenvalue weighted by Crippen LogP contribution is 2.33. The number of fused-ring (bicyclic) bond motifs is 1. The Morgan fingerprint density at radius 1 is 1.11 bits per heavy atom. The zero-order valence-electron chi connectivity index (χ0n) is 15.6. The largest absolute Gasteiger partial charge is 0.486 e. The lowest BCUT2D eigenvalue weighted by molar-refractivity contribution is -0.131. The lowest BCUT2D eigenvalue weighted by Gasteiger charge is -2.23. The van der Waals surface area contributed by atoms with E-state index in [0.717, 1.165) is 13.0 Å². The Labute approximate surface area is 160 Å². The van der Waals surface area contributed by atoms with Gasteiger partial charge in [0, 0.05) is 38.7 Å². The Bertz CT molecular complexity index is 768. The molecule has 0 atom stereocenters. The van der Waals surface area contributed by atoms with Gasteiger partial charge in [-0.25, -0.2) is 8.42 Å². The van der Waals surface area contributed by atoms with Gasteiger partial charge in [0.15, 0.2) is 11.5 Å². The smallest absolute Gasteiger partial charge is 0.243 e. The second kappa shape index (κ2) is 8.90. The molecule has 0 bridgehead atoms. The first-order valence-corrected chi connectivity index (χ1v) is 10.8. The van der Waals surface area contributed by atoms with Crippen LogP contribution in [0.1, 0.15) is 19.3 Å². The summed E-state index contributed by atoms with van der Waals surface area (Å²) >= 11 is 0. The number of amides is 1. The second-order valence-electron chi connectivity index (χ2n) is 6.65. The maximum Gasteiger partial charge on any atom is 0.243 e. The summed E-state index contributed by atoms with van der Waals surface area (Å²) in [5.74, 6) is 1.11. The van der Waals surface area contributed by atoms with E-state index in [4.69, 9.17) is 9.47 Å². The van der Waals surface area contributed by atoms with Crippen molar-refractivity contribution in [2.45, 2.75) is 24.2 Å². The highest BCUT2D eigenvalue weighted by atomic mass is 32.2. The summed E-state index contributed by atoms with van der Waals surface area (Å²) in [6.07, 6.45) is 1.89. The van der Waals surface area contributed by atoms with Crippen molar-refractivity contribution in [2.75, 3.05) is 53.0 Å². The summed E-state index contributed by atoms with van der Waals surface area (Å²) in [4.78, 5) is 14.3. The molecule has 1 aromatic rings. The van der Waals surface area contributed by atoms with Crippen molar-refractivity contribution in [3.8, 4) is 11.5 Å². The molecule has 1 fully saturated rings. The lowest BCUT2D eigenvalue weighted by Crippen LogP contribution is -2.37. The SMILES string of the molecule is CNCCCC(=O)N1CCCN(S(=O)(=O)c2ccc3c(c2)OCCO3)CC1. The third kappa shape index (κ3) is 4.72.